The van der Waals surface area contributed by atoms with E-state index in [1.165, 1.54) is 128 Å². The quantitative estimate of drug-likeness (QED) is 0.0197. The fourth-order valence-electron chi connectivity index (χ4n) is 7.53. The van der Waals surface area contributed by atoms with Gasteiger partial charge in [0, 0.05) is 19.3 Å². The average molecular weight is 931 g/mol. The number of aliphatic hydroxyl groups excluding tert-OH is 1. The van der Waals surface area contributed by atoms with Crippen molar-refractivity contribution >= 4 is 25.7 Å². The number of hydrogen-bond donors (Lipinski definition) is 2. The second kappa shape index (κ2) is 47.7. The van der Waals surface area contributed by atoms with Gasteiger partial charge in [0.05, 0.1) is 13.2 Å². The molecule has 3 atom stereocenters. The average Bonchev–Trinajstić information content (AvgIpc) is 3.28. The van der Waals surface area contributed by atoms with Crippen LogP contribution < -0.4 is 0 Å². The van der Waals surface area contributed by atoms with Crippen molar-refractivity contribution in [2.45, 2.75) is 277 Å². The van der Waals surface area contributed by atoms with Gasteiger partial charge in [-0.1, -0.05) is 213 Å². The SMILES string of the molecule is CCCCCC/C=C\CCCCCCCC(=O)OC[C@H](COP(=O)(O)OC[C@@H](O)COC(=O)CCCCCCCCCCCCCCC)OC(=O)CCCCCCCCCCCCC. The Balaban J connectivity index is 4.56. The molecule has 0 aromatic carbocycles. The molecule has 12 heteroatoms. The highest BCUT2D eigenvalue weighted by molar-refractivity contribution is 7.47. The summed E-state index contributed by atoms with van der Waals surface area (Å²) < 4.78 is 38.9. The Morgan fingerprint density at radius 2 is 0.734 bits per heavy atom. The maximum atomic E-state index is 12.8. The Labute approximate surface area is 392 Å². The van der Waals surface area contributed by atoms with Crippen molar-refractivity contribution in [1.29, 1.82) is 0 Å². The van der Waals surface area contributed by atoms with E-state index in [9.17, 15) is 28.9 Å². The van der Waals surface area contributed by atoms with Gasteiger partial charge in [0.2, 0.25) is 0 Å². The highest BCUT2D eigenvalue weighted by atomic mass is 31.2. The van der Waals surface area contributed by atoms with Crippen molar-refractivity contribution in [3.8, 4) is 0 Å². The van der Waals surface area contributed by atoms with E-state index >= 15 is 0 Å². The Hall–Kier alpha value is -1.78. The Morgan fingerprint density at radius 1 is 0.422 bits per heavy atom. The standard InChI is InChI=1S/C52H99O11P/c1-4-7-10-13-16-19-22-24-27-29-32-35-38-41-50(54)59-44-48(53)45-61-64(57,58)62-47-49(63-52(56)43-40-37-34-31-26-21-18-15-12-9-6-3)46-60-51(55)42-39-36-33-30-28-25-23-20-17-14-11-8-5-2/h20,23,48-49,53H,4-19,21-22,24-47H2,1-3H3,(H,57,58)/b23-20-/t48-,49+/m0/s1. The smallest absolute Gasteiger partial charge is 0.463 e. The van der Waals surface area contributed by atoms with Crippen LogP contribution in [-0.2, 0) is 42.2 Å². The van der Waals surface area contributed by atoms with Crippen LogP contribution in [0.25, 0.3) is 0 Å². The maximum Gasteiger partial charge on any atom is 0.472 e. The predicted molar refractivity (Wildman–Crippen MR) is 261 cm³/mol. The van der Waals surface area contributed by atoms with Crippen LogP contribution in [0, 0.1) is 0 Å². The Kier molecular flexibility index (Phi) is 46.4. The van der Waals surface area contributed by atoms with Crippen LogP contribution in [0.4, 0.5) is 0 Å². The minimum absolute atomic E-state index is 0.174. The number of ether oxygens (including phenoxy) is 3. The number of carbonyl (C=O) groups is 3. The third-order valence-corrected chi connectivity index (χ3v) is 12.6. The first-order chi connectivity index (χ1) is 31.1. The van der Waals surface area contributed by atoms with Gasteiger partial charge in [0.15, 0.2) is 6.10 Å². The second-order valence-electron chi connectivity index (χ2n) is 18.1. The van der Waals surface area contributed by atoms with Crippen molar-refractivity contribution in [1.82, 2.24) is 0 Å². The third kappa shape index (κ3) is 46.7. The first kappa shape index (κ1) is 62.2. The topological polar surface area (TPSA) is 155 Å². The molecule has 0 aliphatic heterocycles. The summed E-state index contributed by atoms with van der Waals surface area (Å²) >= 11 is 0. The summed E-state index contributed by atoms with van der Waals surface area (Å²) in [4.78, 5) is 47.9. The third-order valence-electron chi connectivity index (χ3n) is 11.6. The lowest BCUT2D eigenvalue weighted by molar-refractivity contribution is -0.161. The van der Waals surface area contributed by atoms with Gasteiger partial charge in [-0.05, 0) is 44.9 Å². The van der Waals surface area contributed by atoms with E-state index in [-0.39, 0.29) is 32.5 Å². The number of unbranched alkanes of at least 4 members (excludes halogenated alkanes) is 31. The summed E-state index contributed by atoms with van der Waals surface area (Å²) in [7, 11) is -4.71. The highest BCUT2D eigenvalue weighted by Crippen LogP contribution is 2.43. The second-order valence-corrected chi connectivity index (χ2v) is 19.6. The first-order valence-corrected chi connectivity index (χ1v) is 28.1. The monoisotopic (exact) mass is 931 g/mol. The normalized spacial score (nSPS) is 13.5. The molecule has 0 radical (unpaired) electrons. The van der Waals surface area contributed by atoms with Crippen LogP contribution in [0.3, 0.4) is 0 Å². The van der Waals surface area contributed by atoms with Crippen molar-refractivity contribution in [3.63, 3.8) is 0 Å². The maximum absolute atomic E-state index is 12.8. The van der Waals surface area contributed by atoms with Gasteiger partial charge in [-0.3, -0.25) is 23.4 Å². The van der Waals surface area contributed by atoms with Gasteiger partial charge < -0.3 is 24.2 Å². The molecule has 0 aromatic heterocycles. The van der Waals surface area contributed by atoms with Crippen LogP contribution in [0.1, 0.15) is 265 Å². The minimum atomic E-state index is -4.71. The molecule has 0 amide bonds. The fourth-order valence-corrected chi connectivity index (χ4v) is 8.32. The van der Waals surface area contributed by atoms with E-state index in [1.807, 2.05) is 0 Å². The number of aliphatic hydroxyl groups is 1. The van der Waals surface area contributed by atoms with E-state index in [1.54, 1.807) is 0 Å². The number of phosphoric acid groups is 1. The number of rotatable bonds is 50. The van der Waals surface area contributed by atoms with Crippen LogP contribution in [0.15, 0.2) is 12.2 Å². The lowest BCUT2D eigenvalue weighted by atomic mass is 10.0. The largest absolute Gasteiger partial charge is 0.472 e. The molecule has 0 aliphatic carbocycles. The fraction of sp³-hybridized carbons (Fsp3) is 0.904. The summed E-state index contributed by atoms with van der Waals surface area (Å²) in [6.07, 6.45) is 43.3. The van der Waals surface area contributed by atoms with Crippen molar-refractivity contribution in [3.05, 3.63) is 12.2 Å². The zero-order chi connectivity index (χ0) is 47.0. The van der Waals surface area contributed by atoms with Crippen molar-refractivity contribution < 1.29 is 52.2 Å². The molecule has 0 spiro atoms. The summed E-state index contributed by atoms with van der Waals surface area (Å²) in [5.41, 5.74) is 0. The number of hydrogen-bond acceptors (Lipinski definition) is 10. The molecule has 0 bridgehead atoms. The van der Waals surface area contributed by atoms with E-state index in [0.29, 0.717) is 19.3 Å². The van der Waals surface area contributed by atoms with Crippen LogP contribution >= 0.6 is 7.82 Å². The molecule has 0 rings (SSSR count). The van der Waals surface area contributed by atoms with Crippen molar-refractivity contribution in [2.24, 2.45) is 0 Å². The molecule has 0 saturated carbocycles. The van der Waals surface area contributed by atoms with E-state index in [4.69, 9.17) is 23.3 Å². The summed E-state index contributed by atoms with van der Waals surface area (Å²) in [6, 6.07) is 0. The van der Waals surface area contributed by atoms with E-state index in [0.717, 1.165) is 77.0 Å². The van der Waals surface area contributed by atoms with Crippen molar-refractivity contribution in [2.75, 3.05) is 26.4 Å². The zero-order valence-electron chi connectivity index (χ0n) is 41.5. The van der Waals surface area contributed by atoms with Crippen LogP contribution in [-0.4, -0.2) is 66.5 Å². The first-order valence-electron chi connectivity index (χ1n) is 26.6. The molecule has 64 heavy (non-hydrogen) atoms. The number of carbonyl (C=O) groups excluding carboxylic acids is 3. The summed E-state index contributed by atoms with van der Waals surface area (Å²) in [5.74, 6) is -1.38. The van der Waals surface area contributed by atoms with Gasteiger partial charge in [-0.25, -0.2) is 4.57 Å². The molecule has 0 fully saturated rings. The molecular formula is C52H99O11P. The number of phosphoric ester groups is 1. The Bertz CT molecular complexity index is 1130. The van der Waals surface area contributed by atoms with Gasteiger partial charge in [0.25, 0.3) is 0 Å². The summed E-state index contributed by atoms with van der Waals surface area (Å²) in [5, 5.41) is 10.3. The number of allylic oxidation sites excluding steroid dienone is 2. The molecule has 378 valence electrons. The van der Waals surface area contributed by atoms with E-state index in [2.05, 4.69) is 32.9 Å². The predicted octanol–water partition coefficient (Wildman–Crippen LogP) is 14.9. The molecule has 2 N–H and O–H groups in total. The van der Waals surface area contributed by atoms with Gasteiger partial charge in [-0.2, -0.15) is 0 Å². The molecule has 1 unspecified atom stereocenters. The highest BCUT2D eigenvalue weighted by Gasteiger charge is 2.27. The van der Waals surface area contributed by atoms with Crippen LogP contribution in [0.2, 0.25) is 0 Å². The van der Waals surface area contributed by atoms with Crippen LogP contribution in [0.5, 0.6) is 0 Å². The lowest BCUT2D eigenvalue weighted by Gasteiger charge is -2.20. The molecule has 0 saturated heterocycles. The Morgan fingerprint density at radius 3 is 1.14 bits per heavy atom. The summed E-state index contributed by atoms with van der Waals surface area (Å²) in [6.45, 7) is 4.80. The lowest BCUT2D eigenvalue weighted by Crippen LogP contribution is -2.30. The van der Waals surface area contributed by atoms with Gasteiger partial charge >= 0.3 is 25.7 Å². The van der Waals surface area contributed by atoms with Gasteiger partial charge in [0.1, 0.15) is 19.3 Å². The van der Waals surface area contributed by atoms with E-state index < -0.39 is 51.2 Å². The molecule has 0 aromatic rings. The molecular weight excluding hydrogens is 832 g/mol. The molecule has 11 nitrogen and oxygen atoms in total. The number of esters is 3. The molecule has 0 aliphatic rings. The minimum Gasteiger partial charge on any atom is -0.463 e. The van der Waals surface area contributed by atoms with Gasteiger partial charge in [-0.15, -0.1) is 0 Å². The zero-order valence-corrected chi connectivity index (χ0v) is 42.4. The molecule has 0 heterocycles.